The van der Waals surface area contributed by atoms with E-state index in [2.05, 4.69) is 4.98 Å². The Morgan fingerprint density at radius 3 is 3.00 bits per heavy atom. The lowest BCUT2D eigenvalue weighted by Gasteiger charge is -2.34. The molecule has 1 fully saturated rings. The first-order valence-electron chi connectivity index (χ1n) is 5.64. The Labute approximate surface area is 99.5 Å². The zero-order valence-electron chi connectivity index (χ0n) is 9.48. The largest absolute Gasteiger partial charge is 0.337 e. The minimum Gasteiger partial charge on any atom is -0.337 e. The summed E-state index contributed by atoms with van der Waals surface area (Å²) in [5, 5.41) is 2.79. The highest BCUT2D eigenvalue weighted by Gasteiger charge is 2.27. The van der Waals surface area contributed by atoms with Gasteiger partial charge < -0.3 is 10.6 Å². The summed E-state index contributed by atoms with van der Waals surface area (Å²) in [6.45, 7) is 0.583. The van der Waals surface area contributed by atoms with E-state index in [9.17, 15) is 4.79 Å². The number of thiazole rings is 1. The highest BCUT2D eigenvalue weighted by Crippen LogP contribution is 2.25. The monoisotopic (exact) mass is 239 g/mol. The van der Waals surface area contributed by atoms with Gasteiger partial charge in [0.2, 0.25) is 0 Å². The van der Waals surface area contributed by atoms with E-state index < -0.39 is 0 Å². The molecule has 2 N–H and O–H groups in total. The molecule has 1 aliphatic carbocycles. The second kappa shape index (κ2) is 4.93. The molecular weight excluding hydrogens is 222 g/mol. The Morgan fingerprint density at radius 2 is 2.44 bits per heavy atom. The number of hydrogen-bond acceptors (Lipinski definition) is 4. The Morgan fingerprint density at radius 1 is 1.69 bits per heavy atom. The standard InChI is InChI=1S/C11H17N3OS/c1-14(8-3-2-4-8)11(15)9-7-16-10(13-9)5-6-12/h7-8H,2-6,12H2,1H3. The van der Waals surface area contributed by atoms with Crippen molar-refractivity contribution in [3.05, 3.63) is 16.1 Å². The number of carbonyl (C=O) groups is 1. The van der Waals surface area contributed by atoms with Crippen LogP contribution in [-0.4, -0.2) is 35.4 Å². The van der Waals surface area contributed by atoms with E-state index in [-0.39, 0.29) is 5.91 Å². The number of amides is 1. The van der Waals surface area contributed by atoms with Gasteiger partial charge in [0, 0.05) is 24.9 Å². The molecular formula is C11H17N3OS. The van der Waals surface area contributed by atoms with Crippen molar-refractivity contribution >= 4 is 17.2 Å². The van der Waals surface area contributed by atoms with Crippen molar-refractivity contribution < 1.29 is 4.79 Å². The molecule has 0 saturated heterocycles. The van der Waals surface area contributed by atoms with E-state index in [1.54, 1.807) is 0 Å². The summed E-state index contributed by atoms with van der Waals surface area (Å²) in [5.74, 6) is 0.0456. The van der Waals surface area contributed by atoms with E-state index in [4.69, 9.17) is 5.73 Å². The fraction of sp³-hybridized carbons (Fsp3) is 0.636. The molecule has 2 rings (SSSR count). The molecule has 1 aromatic heterocycles. The molecule has 1 aliphatic rings. The van der Waals surface area contributed by atoms with Crippen LogP contribution in [0.15, 0.2) is 5.38 Å². The van der Waals surface area contributed by atoms with Crippen LogP contribution in [0.2, 0.25) is 0 Å². The van der Waals surface area contributed by atoms with Crippen molar-refractivity contribution in [1.82, 2.24) is 9.88 Å². The topological polar surface area (TPSA) is 59.2 Å². The highest BCUT2D eigenvalue weighted by atomic mass is 32.1. The van der Waals surface area contributed by atoms with Crippen molar-refractivity contribution in [3.63, 3.8) is 0 Å². The quantitative estimate of drug-likeness (QED) is 0.860. The first-order valence-corrected chi connectivity index (χ1v) is 6.52. The first-order chi connectivity index (χ1) is 7.72. The summed E-state index contributed by atoms with van der Waals surface area (Å²) >= 11 is 1.52. The van der Waals surface area contributed by atoms with Crippen molar-refractivity contribution in [3.8, 4) is 0 Å². The third-order valence-corrected chi connectivity index (χ3v) is 3.98. The smallest absolute Gasteiger partial charge is 0.273 e. The molecule has 1 aromatic rings. The van der Waals surface area contributed by atoms with Crippen molar-refractivity contribution in [2.45, 2.75) is 31.7 Å². The summed E-state index contributed by atoms with van der Waals surface area (Å²) in [5.41, 5.74) is 6.03. The van der Waals surface area contributed by atoms with Crippen LogP contribution < -0.4 is 5.73 Å². The van der Waals surface area contributed by atoms with Crippen LogP contribution in [0.4, 0.5) is 0 Å². The van der Waals surface area contributed by atoms with Crippen molar-refractivity contribution in [1.29, 1.82) is 0 Å². The van der Waals surface area contributed by atoms with Crippen LogP contribution in [0.3, 0.4) is 0 Å². The molecule has 5 heteroatoms. The Kier molecular flexibility index (Phi) is 3.56. The zero-order chi connectivity index (χ0) is 11.5. The van der Waals surface area contributed by atoms with Gasteiger partial charge in [0.05, 0.1) is 5.01 Å². The fourth-order valence-electron chi connectivity index (χ4n) is 1.77. The second-order valence-electron chi connectivity index (χ2n) is 4.17. The van der Waals surface area contributed by atoms with Crippen LogP contribution in [0.25, 0.3) is 0 Å². The Balaban J connectivity index is 2.01. The molecule has 0 radical (unpaired) electrons. The minimum atomic E-state index is 0.0456. The zero-order valence-corrected chi connectivity index (χ0v) is 10.3. The molecule has 0 aromatic carbocycles. The second-order valence-corrected chi connectivity index (χ2v) is 5.11. The molecule has 1 amide bonds. The third-order valence-electron chi connectivity index (χ3n) is 3.07. The molecule has 1 heterocycles. The van der Waals surface area contributed by atoms with Gasteiger partial charge in [0.15, 0.2) is 0 Å². The predicted molar refractivity (Wildman–Crippen MR) is 64.6 cm³/mol. The highest BCUT2D eigenvalue weighted by molar-refractivity contribution is 7.09. The van der Waals surface area contributed by atoms with Gasteiger partial charge in [-0.05, 0) is 25.8 Å². The molecule has 4 nitrogen and oxygen atoms in total. The summed E-state index contributed by atoms with van der Waals surface area (Å²) < 4.78 is 0. The molecule has 16 heavy (non-hydrogen) atoms. The van der Waals surface area contributed by atoms with Crippen LogP contribution in [0, 0.1) is 0 Å². The Bertz CT molecular complexity index is 373. The first kappa shape index (κ1) is 11.5. The van der Waals surface area contributed by atoms with Gasteiger partial charge in [-0.1, -0.05) is 0 Å². The Hall–Kier alpha value is -0.940. The molecule has 88 valence electrons. The van der Waals surface area contributed by atoms with Crippen LogP contribution in [-0.2, 0) is 6.42 Å². The number of carbonyl (C=O) groups excluding carboxylic acids is 1. The minimum absolute atomic E-state index is 0.0456. The normalized spacial score (nSPS) is 15.9. The number of aromatic nitrogens is 1. The molecule has 0 unspecified atom stereocenters. The number of nitrogens with zero attached hydrogens (tertiary/aromatic N) is 2. The maximum absolute atomic E-state index is 12.0. The van der Waals surface area contributed by atoms with Gasteiger partial charge in [0.1, 0.15) is 5.69 Å². The average molecular weight is 239 g/mol. The van der Waals surface area contributed by atoms with E-state index >= 15 is 0 Å². The molecule has 1 saturated carbocycles. The van der Waals surface area contributed by atoms with E-state index in [1.807, 2.05) is 17.3 Å². The van der Waals surface area contributed by atoms with Gasteiger partial charge >= 0.3 is 0 Å². The summed E-state index contributed by atoms with van der Waals surface area (Å²) in [6, 6.07) is 0.423. The lowest BCUT2D eigenvalue weighted by molar-refractivity contribution is 0.0646. The van der Waals surface area contributed by atoms with Gasteiger partial charge in [-0.3, -0.25) is 4.79 Å². The summed E-state index contributed by atoms with van der Waals surface area (Å²) in [7, 11) is 1.87. The number of nitrogens with two attached hydrogens (primary N) is 1. The van der Waals surface area contributed by atoms with E-state index in [0.29, 0.717) is 18.3 Å². The summed E-state index contributed by atoms with van der Waals surface area (Å²) in [6.07, 6.45) is 4.24. The van der Waals surface area contributed by atoms with E-state index in [0.717, 1.165) is 24.3 Å². The number of rotatable bonds is 4. The lowest BCUT2D eigenvalue weighted by atomic mass is 9.92. The van der Waals surface area contributed by atoms with E-state index in [1.165, 1.54) is 17.8 Å². The van der Waals surface area contributed by atoms with Gasteiger partial charge in [-0.25, -0.2) is 4.98 Å². The lowest BCUT2D eigenvalue weighted by Crippen LogP contribution is -2.41. The molecule has 0 aliphatic heterocycles. The van der Waals surface area contributed by atoms with Gasteiger partial charge in [-0.2, -0.15) is 0 Å². The SMILES string of the molecule is CN(C(=O)c1csc(CCN)n1)C1CCC1. The molecule has 0 spiro atoms. The van der Waals surface area contributed by atoms with Crippen LogP contribution in [0.1, 0.15) is 34.8 Å². The molecule has 0 atom stereocenters. The van der Waals surface area contributed by atoms with Crippen molar-refractivity contribution in [2.24, 2.45) is 5.73 Å². The van der Waals surface area contributed by atoms with Crippen molar-refractivity contribution in [2.75, 3.05) is 13.6 Å². The maximum Gasteiger partial charge on any atom is 0.273 e. The average Bonchev–Trinajstić information content (AvgIpc) is 2.63. The predicted octanol–water partition coefficient (Wildman–Crippen LogP) is 1.27. The van der Waals surface area contributed by atoms with Gasteiger partial charge in [-0.15, -0.1) is 11.3 Å². The van der Waals surface area contributed by atoms with Crippen LogP contribution in [0.5, 0.6) is 0 Å². The third kappa shape index (κ3) is 2.25. The number of hydrogen-bond donors (Lipinski definition) is 1. The summed E-state index contributed by atoms with van der Waals surface area (Å²) in [4.78, 5) is 18.2. The van der Waals surface area contributed by atoms with Gasteiger partial charge in [0.25, 0.3) is 5.91 Å². The maximum atomic E-state index is 12.0. The molecule has 0 bridgehead atoms. The fourth-order valence-corrected chi connectivity index (χ4v) is 2.56. The van der Waals surface area contributed by atoms with Crippen LogP contribution >= 0.6 is 11.3 Å².